The molecule has 0 saturated heterocycles. The Labute approximate surface area is 187 Å². The van der Waals surface area contributed by atoms with Gasteiger partial charge in [-0.2, -0.15) is 9.50 Å². The second-order valence-corrected chi connectivity index (χ2v) is 8.53. The summed E-state index contributed by atoms with van der Waals surface area (Å²) < 4.78 is 21.4. The van der Waals surface area contributed by atoms with E-state index in [-0.39, 0.29) is 16.1 Å². The van der Waals surface area contributed by atoms with Gasteiger partial charge in [0.25, 0.3) is 5.56 Å². The number of benzene rings is 2. The van der Waals surface area contributed by atoms with E-state index in [0.717, 1.165) is 29.1 Å². The number of thiazole rings is 1. The molecule has 0 unspecified atom stereocenters. The summed E-state index contributed by atoms with van der Waals surface area (Å²) in [5, 5.41) is 4.57. The molecule has 160 valence electrons. The molecule has 0 spiro atoms. The van der Waals surface area contributed by atoms with Crippen LogP contribution in [-0.4, -0.2) is 21.2 Å². The van der Waals surface area contributed by atoms with Crippen molar-refractivity contribution in [2.75, 3.05) is 6.61 Å². The molecule has 4 rings (SSSR count). The highest BCUT2D eigenvalue weighted by Gasteiger charge is 2.13. The fraction of sp³-hybridized carbons (Fsp3) is 0.261. The summed E-state index contributed by atoms with van der Waals surface area (Å²) in [6, 6.07) is 11.9. The molecule has 0 aliphatic heterocycles. The van der Waals surface area contributed by atoms with E-state index < -0.39 is 5.82 Å². The van der Waals surface area contributed by atoms with Gasteiger partial charge in [0, 0.05) is 11.1 Å². The molecule has 0 fully saturated rings. The van der Waals surface area contributed by atoms with Gasteiger partial charge in [-0.15, -0.1) is 5.10 Å². The van der Waals surface area contributed by atoms with Crippen LogP contribution in [0, 0.1) is 5.82 Å². The lowest BCUT2D eigenvalue weighted by Gasteiger charge is -2.06. The molecule has 0 aliphatic carbocycles. The van der Waals surface area contributed by atoms with Crippen LogP contribution < -0.4 is 14.8 Å². The van der Waals surface area contributed by atoms with E-state index in [2.05, 4.69) is 17.0 Å². The number of rotatable bonds is 8. The van der Waals surface area contributed by atoms with Gasteiger partial charge in [-0.1, -0.05) is 55.2 Å². The quantitative estimate of drug-likeness (QED) is 0.345. The maximum atomic E-state index is 14.0. The van der Waals surface area contributed by atoms with E-state index >= 15 is 0 Å². The molecule has 0 amide bonds. The van der Waals surface area contributed by atoms with Crippen molar-refractivity contribution >= 4 is 34.0 Å². The van der Waals surface area contributed by atoms with E-state index in [9.17, 15) is 9.18 Å². The summed E-state index contributed by atoms with van der Waals surface area (Å²) in [5.41, 5.74) is 0.609. The van der Waals surface area contributed by atoms with Gasteiger partial charge in [-0.3, -0.25) is 4.79 Å². The molecule has 2 aromatic heterocycles. The van der Waals surface area contributed by atoms with Crippen molar-refractivity contribution in [1.82, 2.24) is 14.6 Å². The first-order valence-electron chi connectivity index (χ1n) is 10.2. The van der Waals surface area contributed by atoms with E-state index in [4.69, 9.17) is 16.3 Å². The number of halogens is 2. The number of aromatic nitrogens is 3. The van der Waals surface area contributed by atoms with Crippen LogP contribution in [-0.2, 0) is 0 Å². The third kappa shape index (κ3) is 4.78. The zero-order valence-electron chi connectivity index (χ0n) is 17.0. The van der Waals surface area contributed by atoms with Crippen molar-refractivity contribution in [2.24, 2.45) is 0 Å². The highest BCUT2D eigenvalue weighted by atomic mass is 35.5. The van der Waals surface area contributed by atoms with Gasteiger partial charge in [0.15, 0.2) is 5.82 Å². The summed E-state index contributed by atoms with van der Waals surface area (Å²) in [6.07, 6.45) is 6.07. The largest absolute Gasteiger partial charge is 0.494 e. The molecule has 0 N–H and O–H groups in total. The van der Waals surface area contributed by atoms with Crippen molar-refractivity contribution in [2.45, 2.75) is 32.6 Å². The standard InChI is InChI=1S/C23H21ClFN3O2S/c1-2-3-4-5-13-30-16-11-9-15(10-12-16)21-26-23-28(27-21)22(29)20(31-23)14-17-18(24)7-6-8-19(17)25/h6-12,14H,2-5,13H2,1H3. The van der Waals surface area contributed by atoms with Gasteiger partial charge in [-0.25, -0.2) is 4.39 Å². The lowest BCUT2D eigenvalue weighted by molar-refractivity contribution is 0.305. The maximum Gasteiger partial charge on any atom is 0.291 e. The monoisotopic (exact) mass is 457 g/mol. The van der Waals surface area contributed by atoms with Gasteiger partial charge >= 0.3 is 0 Å². The van der Waals surface area contributed by atoms with Crippen LogP contribution in [0.25, 0.3) is 22.4 Å². The van der Waals surface area contributed by atoms with Crippen LogP contribution in [0.4, 0.5) is 4.39 Å². The van der Waals surface area contributed by atoms with Gasteiger partial charge in [0.2, 0.25) is 4.96 Å². The fourth-order valence-corrected chi connectivity index (χ4v) is 4.26. The van der Waals surface area contributed by atoms with E-state index in [0.29, 0.717) is 21.9 Å². The molecular weight excluding hydrogens is 437 g/mol. The molecular formula is C23H21ClFN3O2S. The van der Waals surface area contributed by atoms with E-state index in [1.54, 1.807) is 6.07 Å². The van der Waals surface area contributed by atoms with E-state index in [1.807, 2.05) is 24.3 Å². The molecule has 4 aromatic rings. The molecule has 31 heavy (non-hydrogen) atoms. The van der Waals surface area contributed by atoms with Gasteiger partial charge in [0.05, 0.1) is 16.2 Å². The van der Waals surface area contributed by atoms with Crippen LogP contribution in [0.3, 0.4) is 0 Å². The number of unbranched alkanes of at least 4 members (excludes halogenated alkanes) is 3. The molecule has 0 atom stereocenters. The van der Waals surface area contributed by atoms with Crippen molar-refractivity contribution in [1.29, 1.82) is 0 Å². The SMILES string of the molecule is CCCCCCOc1ccc(-c2nc3sc(=Cc4c(F)cccc4Cl)c(=O)n3n2)cc1. The molecule has 5 nitrogen and oxygen atoms in total. The predicted molar refractivity (Wildman–Crippen MR) is 122 cm³/mol. The smallest absolute Gasteiger partial charge is 0.291 e. The molecule has 2 heterocycles. The third-order valence-corrected chi connectivity index (χ3v) is 6.12. The van der Waals surface area contributed by atoms with Crippen molar-refractivity contribution < 1.29 is 9.13 Å². The Balaban J connectivity index is 1.54. The average Bonchev–Trinajstić information content (AvgIpc) is 3.30. The second-order valence-electron chi connectivity index (χ2n) is 7.11. The Hall–Kier alpha value is -2.77. The summed E-state index contributed by atoms with van der Waals surface area (Å²) in [7, 11) is 0. The molecule has 2 aromatic carbocycles. The lowest BCUT2D eigenvalue weighted by atomic mass is 10.2. The first-order chi connectivity index (χ1) is 15.1. The Morgan fingerprint density at radius 3 is 2.68 bits per heavy atom. The maximum absolute atomic E-state index is 14.0. The Morgan fingerprint density at radius 2 is 1.97 bits per heavy atom. The Morgan fingerprint density at radius 1 is 1.16 bits per heavy atom. The summed E-state index contributed by atoms with van der Waals surface area (Å²) in [6.45, 7) is 2.88. The molecule has 0 aliphatic rings. The Kier molecular flexibility index (Phi) is 6.63. The van der Waals surface area contributed by atoms with Gasteiger partial charge in [-0.05, 0) is 48.9 Å². The zero-order chi connectivity index (χ0) is 21.8. The minimum absolute atomic E-state index is 0.177. The average molecular weight is 458 g/mol. The highest BCUT2D eigenvalue weighted by molar-refractivity contribution is 7.15. The zero-order valence-corrected chi connectivity index (χ0v) is 18.5. The van der Waals surface area contributed by atoms with Gasteiger partial charge < -0.3 is 4.74 Å². The first kappa shape index (κ1) is 21.5. The lowest BCUT2D eigenvalue weighted by Crippen LogP contribution is -2.23. The normalized spacial score (nSPS) is 12.0. The molecule has 0 radical (unpaired) electrons. The minimum atomic E-state index is -0.487. The van der Waals surface area contributed by atoms with Crippen molar-refractivity contribution in [3.63, 3.8) is 0 Å². The van der Waals surface area contributed by atoms with Crippen molar-refractivity contribution in [3.05, 3.63) is 73.8 Å². The van der Waals surface area contributed by atoms with E-state index in [1.165, 1.54) is 42.0 Å². The van der Waals surface area contributed by atoms with Crippen LogP contribution in [0.2, 0.25) is 5.02 Å². The summed E-state index contributed by atoms with van der Waals surface area (Å²) in [4.78, 5) is 17.6. The number of nitrogens with zero attached hydrogens (tertiary/aromatic N) is 3. The van der Waals surface area contributed by atoms with Crippen LogP contribution in [0.15, 0.2) is 47.3 Å². The number of ether oxygens (including phenoxy) is 1. The van der Waals surface area contributed by atoms with Crippen LogP contribution in [0.1, 0.15) is 38.2 Å². The number of fused-ring (bicyclic) bond motifs is 1. The summed E-state index contributed by atoms with van der Waals surface area (Å²) in [5.74, 6) is 0.761. The molecule has 8 heteroatoms. The minimum Gasteiger partial charge on any atom is -0.494 e. The topological polar surface area (TPSA) is 56.5 Å². The fourth-order valence-electron chi connectivity index (χ4n) is 3.15. The summed E-state index contributed by atoms with van der Waals surface area (Å²) >= 11 is 7.20. The van der Waals surface area contributed by atoms with Crippen molar-refractivity contribution in [3.8, 4) is 17.1 Å². The Bertz CT molecular complexity index is 1280. The van der Waals surface area contributed by atoms with Gasteiger partial charge in [0.1, 0.15) is 11.6 Å². The van der Waals surface area contributed by atoms with Crippen LogP contribution in [0.5, 0.6) is 5.75 Å². The predicted octanol–water partition coefficient (Wildman–Crippen LogP) is 5.12. The number of hydrogen-bond donors (Lipinski definition) is 0. The first-order valence-corrected chi connectivity index (χ1v) is 11.3. The van der Waals surface area contributed by atoms with Crippen LogP contribution >= 0.6 is 22.9 Å². The second kappa shape index (κ2) is 9.58. The highest BCUT2D eigenvalue weighted by Crippen LogP contribution is 2.22. The third-order valence-electron chi connectivity index (χ3n) is 4.84. The molecule has 0 bridgehead atoms. The number of hydrogen-bond acceptors (Lipinski definition) is 5. The molecule has 0 saturated carbocycles.